The average molecular weight is 436 g/mol. The van der Waals surface area contributed by atoms with E-state index in [9.17, 15) is 24.3 Å². The quantitative estimate of drug-likeness (QED) is 0.368. The molecule has 0 aromatic heterocycles. The van der Waals surface area contributed by atoms with Gasteiger partial charge in [0.1, 0.15) is 18.3 Å². The highest BCUT2D eigenvalue weighted by Crippen LogP contribution is 2.19. The van der Waals surface area contributed by atoms with Crippen molar-refractivity contribution >= 4 is 35.1 Å². The van der Waals surface area contributed by atoms with Crippen LogP contribution in [0.25, 0.3) is 0 Å². The summed E-state index contributed by atoms with van der Waals surface area (Å²) in [5.74, 6) is -3.16. The van der Waals surface area contributed by atoms with Gasteiger partial charge in [0.2, 0.25) is 0 Å². The van der Waals surface area contributed by atoms with Crippen molar-refractivity contribution in [2.75, 3.05) is 9.80 Å². The van der Waals surface area contributed by atoms with Crippen LogP contribution in [0, 0.1) is 0 Å². The van der Waals surface area contributed by atoms with Gasteiger partial charge in [0.25, 0.3) is 11.8 Å². The highest BCUT2D eigenvalue weighted by Gasteiger charge is 2.28. The third-order valence-electron chi connectivity index (χ3n) is 4.59. The first-order valence-electron chi connectivity index (χ1n) is 9.76. The Bertz CT molecular complexity index is 1000. The number of para-hydroxylation sites is 2. The normalized spacial score (nSPS) is 12.4. The Morgan fingerprint density at radius 2 is 1.31 bits per heavy atom. The number of ether oxygens (including phenoxy) is 1. The highest BCUT2D eigenvalue weighted by molar-refractivity contribution is 6.06. The van der Waals surface area contributed by atoms with Crippen LogP contribution in [0.4, 0.5) is 11.4 Å². The third-order valence-corrected chi connectivity index (χ3v) is 4.59. The largest absolute Gasteiger partial charge is 0.480 e. The molecule has 1 N–H and O–H groups in total. The molecular weight excluding hydrogens is 412 g/mol. The Kier molecular flexibility index (Phi) is 8.47. The third kappa shape index (κ3) is 5.91. The van der Waals surface area contributed by atoms with E-state index >= 15 is 0 Å². The molecule has 8 heteroatoms. The van der Waals surface area contributed by atoms with E-state index in [0.29, 0.717) is 11.4 Å². The average Bonchev–Trinajstić information content (AvgIpc) is 2.80. The Balaban J connectivity index is 2.16. The number of carboxylic acids is 1. The zero-order valence-corrected chi connectivity index (χ0v) is 17.8. The molecule has 2 aromatic carbocycles. The van der Waals surface area contributed by atoms with E-state index in [1.54, 1.807) is 60.7 Å². The van der Waals surface area contributed by atoms with E-state index in [0.717, 1.165) is 23.3 Å². The fourth-order valence-electron chi connectivity index (χ4n) is 2.91. The van der Waals surface area contributed by atoms with Crippen LogP contribution in [0.1, 0.15) is 13.8 Å². The highest BCUT2D eigenvalue weighted by atomic mass is 16.5. The number of rotatable bonds is 9. The maximum Gasteiger partial charge on any atom is 0.333 e. The van der Waals surface area contributed by atoms with Crippen molar-refractivity contribution < 1.29 is 29.0 Å². The van der Waals surface area contributed by atoms with Crippen LogP contribution in [0.15, 0.2) is 85.7 Å². The van der Waals surface area contributed by atoms with Crippen LogP contribution in [-0.2, 0) is 23.9 Å². The maximum atomic E-state index is 12.7. The molecule has 166 valence electrons. The molecule has 32 heavy (non-hydrogen) atoms. The molecule has 0 spiro atoms. The number of carboxylic acid groups (broad SMARTS) is 1. The molecule has 0 heterocycles. The lowest BCUT2D eigenvalue weighted by atomic mass is 10.2. The second-order valence-electron chi connectivity index (χ2n) is 6.72. The summed E-state index contributed by atoms with van der Waals surface area (Å²) in [6.07, 6.45) is 2.92. The molecule has 0 bridgehead atoms. The van der Waals surface area contributed by atoms with E-state index in [-0.39, 0.29) is 0 Å². The van der Waals surface area contributed by atoms with Crippen molar-refractivity contribution in [1.82, 2.24) is 0 Å². The van der Waals surface area contributed by atoms with Crippen molar-refractivity contribution in [2.45, 2.75) is 25.9 Å². The number of aliphatic carboxylic acids is 1. The first-order valence-corrected chi connectivity index (χ1v) is 9.76. The zero-order valence-electron chi connectivity index (χ0n) is 17.8. The minimum Gasteiger partial charge on any atom is -0.480 e. The summed E-state index contributed by atoms with van der Waals surface area (Å²) < 4.78 is 5.06. The predicted octanol–water partition coefficient (Wildman–Crippen LogP) is 3.16. The van der Waals surface area contributed by atoms with Gasteiger partial charge >= 0.3 is 11.9 Å². The van der Waals surface area contributed by atoms with Crippen molar-refractivity contribution in [3.05, 3.63) is 85.7 Å². The van der Waals surface area contributed by atoms with Crippen LogP contribution in [0.5, 0.6) is 0 Å². The molecule has 0 unspecified atom stereocenters. The number of nitrogens with zero attached hydrogens (tertiary/aromatic N) is 2. The van der Waals surface area contributed by atoms with Gasteiger partial charge in [-0.15, -0.1) is 0 Å². The van der Waals surface area contributed by atoms with E-state index < -0.39 is 35.8 Å². The molecule has 0 saturated heterocycles. The van der Waals surface area contributed by atoms with Crippen LogP contribution in [0.3, 0.4) is 0 Å². The van der Waals surface area contributed by atoms with Crippen molar-refractivity contribution in [3.63, 3.8) is 0 Å². The van der Waals surface area contributed by atoms with Crippen molar-refractivity contribution in [2.24, 2.45) is 0 Å². The van der Waals surface area contributed by atoms with Crippen molar-refractivity contribution in [1.29, 1.82) is 0 Å². The Morgan fingerprint density at radius 1 is 0.844 bits per heavy atom. The van der Waals surface area contributed by atoms with Crippen LogP contribution < -0.4 is 9.80 Å². The van der Waals surface area contributed by atoms with Gasteiger partial charge in [-0.05, 0) is 44.2 Å². The topological polar surface area (TPSA) is 104 Å². The Morgan fingerprint density at radius 3 is 1.75 bits per heavy atom. The standard InChI is InChI=1S/C24H24N2O6/c1-4-21(27)26(20-13-9-6-10-14-20)18(3)24(31)32-16-15-22(28)25(17(2)23(29)30)19-11-7-5-8-12-19/h4-18H,1H2,2-3H3,(H,29,30)/b16-15+/t17-,18-/m0/s1. The number of carbonyl (C=O) groups is 4. The van der Waals surface area contributed by atoms with Gasteiger partial charge in [-0.25, -0.2) is 9.59 Å². The molecule has 0 saturated carbocycles. The Labute approximate surface area is 186 Å². The summed E-state index contributed by atoms with van der Waals surface area (Å²) in [6, 6.07) is 14.6. The fraction of sp³-hybridized carbons (Fsp3) is 0.167. The molecule has 2 atom stereocenters. The summed E-state index contributed by atoms with van der Waals surface area (Å²) in [6.45, 7) is 6.31. The first kappa shape index (κ1) is 24.1. The molecule has 2 amide bonds. The molecule has 8 nitrogen and oxygen atoms in total. The summed E-state index contributed by atoms with van der Waals surface area (Å²) in [4.78, 5) is 51.2. The summed E-state index contributed by atoms with van der Waals surface area (Å²) in [5, 5.41) is 9.34. The minimum absolute atomic E-state index is 0.378. The monoisotopic (exact) mass is 436 g/mol. The Hall–Kier alpha value is -4.20. The van der Waals surface area contributed by atoms with E-state index in [1.165, 1.54) is 18.7 Å². The van der Waals surface area contributed by atoms with Crippen LogP contribution >= 0.6 is 0 Å². The maximum absolute atomic E-state index is 12.7. The number of amides is 2. The van der Waals surface area contributed by atoms with Gasteiger partial charge in [-0.1, -0.05) is 43.0 Å². The van der Waals surface area contributed by atoms with Gasteiger partial charge in [0.15, 0.2) is 0 Å². The van der Waals surface area contributed by atoms with Gasteiger partial charge in [0.05, 0.1) is 0 Å². The van der Waals surface area contributed by atoms with Gasteiger partial charge in [-0.2, -0.15) is 0 Å². The van der Waals surface area contributed by atoms with E-state index in [1.807, 2.05) is 0 Å². The molecule has 0 aliphatic heterocycles. The number of esters is 1. The molecule has 0 aliphatic carbocycles. The number of carbonyl (C=O) groups excluding carboxylic acids is 3. The number of benzene rings is 2. The zero-order chi connectivity index (χ0) is 23.7. The van der Waals surface area contributed by atoms with E-state index in [4.69, 9.17) is 4.74 Å². The molecule has 2 rings (SSSR count). The van der Waals surface area contributed by atoms with Crippen LogP contribution in [0.2, 0.25) is 0 Å². The fourth-order valence-corrected chi connectivity index (χ4v) is 2.91. The van der Waals surface area contributed by atoms with Gasteiger partial charge in [0, 0.05) is 17.5 Å². The second-order valence-corrected chi connectivity index (χ2v) is 6.72. The number of hydrogen-bond acceptors (Lipinski definition) is 5. The predicted molar refractivity (Wildman–Crippen MR) is 120 cm³/mol. The minimum atomic E-state index is -1.19. The number of anilines is 2. The SMILES string of the molecule is C=CC(=O)N(c1ccccc1)[C@@H](C)C(=O)O/C=C/C(=O)N(c1ccccc1)[C@@H](C)C(=O)O. The molecule has 2 aromatic rings. The van der Waals surface area contributed by atoms with Gasteiger partial charge < -0.3 is 9.84 Å². The molecule has 0 radical (unpaired) electrons. The lowest BCUT2D eigenvalue weighted by Gasteiger charge is -2.26. The smallest absolute Gasteiger partial charge is 0.333 e. The van der Waals surface area contributed by atoms with Crippen molar-refractivity contribution in [3.8, 4) is 0 Å². The summed E-state index contributed by atoms with van der Waals surface area (Å²) in [7, 11) is 0. The summed E-state index contributed by atoms with van der Waals surface area (Å²) >= 11 is 0. The first-order chi connectivity index (χ1) is 15.3. The van der Waals surface area contributed by atoms with Gasteiger partial charge in [-0.3, -0.25) is 19.4 Å². The van der Waals surface area contributed by atoms with Crippen LogP contribution in [-0.4, -0.2) is 40.9 Å². The molecule has 0 fully saturated rings. The lowest BCUT2D eigenvalue weighted by Crippen LogP contribution is -2.43. The van der Waals surface area contributed by atoms with E-state index in [2.05, 4.69) is 6.58 Å². The number of hydrogen-bond donors (Lipinski definition) is 1. The lowest BCUT2D eigenvalue weighted by molar-refractivity contribution is -0.140. The molecular formula is C24H24N2O6. The summed E-state index contributed by atoms with van der Waals surface area (Å²) in [5.41, 5.74) is 0.857. The molecule has 0 aliphatic rings. The second kappa shape index (κ2) is 11.3.